The summed E-state index contributed by atoms with van der Waals surface area (Å²) in [6.07, 6.45) is 5.13. The lowest BCUT2D eigenvalue weighted by Crippen LogP contribution is -2.52. The van der Waals surface area contributed by atoms with Gasteiger partial charge in [-0.1, -0.05) is 18.2 Å². The monoisotopic (exact) mass is 358 g/mol. The number of hydrogen-bond acceptors (Lipinski definition) is 8. The SMILES string of the molecule is COCc1cnnn1N1C=NC2c3ccccc3N3CN(Cl)C=C3N21. The van der Waals surface area contributed by atoms with Crippen LogP contribution in [-0.2, 0) is 11.3 Å². The Hall–Kier alpha value is -2.78. The molecule has 0 saturated carbocycles. The molecule has 10 heteroatoms. The van der Waals surface area contributed by atoms with Crippen molar-refractivity contribution in [1.82, 2.24) is 24.5 Å². The van der Waals surface area contributed by atoms with Crippen LogP contribution in [0.2, 0.25) is 0 Å². The number of anilines is 1. The van der Waals surface area contributed by atoms with Crippen molar-refractivity contribution in [3.05, 3.63) is 53.7 Å². The third-order valence-corrected chi connectivity index (χ3v) is 4.60. The smallest absolute Gasteiger partial charge is 0.173 e. The van der Waals surface area contributed by atoms with E-state index in [2.05, 4.69) is 27.3 Å². The largest absolute Gasteiger partial charge is 0.378 e. The fourth-order valence-electron chi connectivity index (χ4n) is 3.38. The second kappa shape index (κ2) is 5.36. The number of halogens is 1. The number of aromatic nitrogens is 3. The number of ether oxygens (including phenoxy) is 1. The van der Waals surface area contributed by atoms with Crippen molar-refractivity contribution in [3.8, 4) is 0 Å². The number of para-hydroxylation sites is 1. The van der Waals surface area contributed by atoms with Gasteiger partial charge in [0.25, 0.3) is 0 Å². The molecule has 1 aromatic heterocycles. The fourth-order valence-corrected chi connectivity index (χ4v) is 3.57. The van der Waals surface area contributed by atoms with Gasteiger partial charge in [0, 0.05) is 24.4 Å². The molecule has 0 radical (unpaired) electrons. The van der Waals surface area contributed by atoms with Crippen LogP contribution in [0.3, 0.4) is 0 Å². The topological polar surface area (TPSA) is 65.3 Å². The maximum Gasteiger partial charge on any atom is 0.173 e. The average molecular weight is 359 g/mol. The first-order valence-electron chi connectivity index (χ1n) is 7.79. The molecule has 1 aromatic carbocycles. The first-order valence-corrected chi connectivity index (χ1v) is 8.13. The van der Waals surface area contributed by atoms with E-state index in [1.165, 1.54) is 0 Å². The Balaban J connectivity index is 1.62. The highest BCUT2D eigenvalue weighted by molar-refractivity contribution is 6.14. The molecule has 2 aromatic rings. The second-order valence-corrected chi connectivity index (χ2v) is 6.30. The number of nitrogens with zero attached hydrogens (tertiary/aromatic N) is 8. The van der Waals surface area contributed by atoms with Crippen molar-refractivity contribution >= 4 is 23.8 Å². The van der Waals surface area contributed by atoms with E-state index >= 15 is 0 Å². The van der Waals surface area contributed by atoms with Crippen LogP contribution in [0.1, 0.15) is 17.4 Å². The summed E-state index contributed by atoms with van der Waals surface area (Å²) in [4.78, 5) is 8.52. The number of hydrazine groups is 1. The molecule has 5 rings (SSSR count). The molecule has 1 atom stereocenters. The van der Waals surface area contributed by atoms with Crippen LogP contribution in [0.5, 0.6) is 0 Å². The summed E-state index contributed by atoms with van der Waals surface area (Å²) in [5.74, 6) is 0.926. The van der Waals surface area contributed by atoms with Gasteiger partial charge in [-0.3, -0.25) is 4.42 Å². The molecule has 128 valence electrons. The Kier molecular flexibility index (Phi) is 3.12. The highest BCUT2D eigenvalue weighted by Crippen LogP contribution is 2.45. The highest BCUT2D eigenvalue weighted by Gasteiger charge is 2.44. The number of fused-ring (bicyclic) bond motifs is 6. The fraction of sp³-hybridized carbons (Fsp3) is 0.267. The molecule has 3 aliphatic heterocycles. The van der Waals surface area contributed by atoms with E-state index in [-0.39, 0.29) is 6.17 Å². The molecule has 0 fully saturated rings. The Morgan fingerprint density at radius 3 is 3.08 bits per heavy atom. The van der Waals surface area contributed by atoms with Crippen molar-refractivity contribution in [3.63, 3.8) is 0 Å². The zero-order chi connectivity index (χ0) is 17.0. The van der Waals surface area contributed by atoms with Gasteiger partial charge in [0.15, 0.2) is 12.0 Å². The van der Waals surface area contributed by atoms with E-state index in [1.807, 2.05) is 28.5 Å². The first-order chi connectivity index (χ1) is 12.3. The third kappa shape index (κ3) is 2.02. The summed E-state index contributed by atoms with van der Waals surface area (Å²) in [6, 6.07) is 8.21. The number of rotatable bonds is 3. The van der Waals surface area contributed by atoms with Gasteiger partial charge in [-0.05, 0) is 11.3 Å². The second-order valence-electron chi connectivity index (χ2n) is 5.87. The molecule has 4 heterocycles. The van der Waals surface area contributed by atoms with Crippen molar-refractivity contribution in [2.75, 3.05) is 23.8 Å². The van der Waals surface area contributed by atoms with Gasteiger partial charge in [0.1, 0.15) is 18.7 Å². The summed E-state index contributed by atoms with van der Waals surface area (Å²) in [6.45, 7) is 0.962. The zero-order valence-electron chi connectivity index (χ0n) is 13.4. The standard InChI is InChI=1S/C15H15ClN8O/c1-25-8-11-6-18-19-24(11)22-9-17-15-12-4-2-3-5-13(12)21-10-20(16)7-14(21)23(15)22/h2-7,9,15H,8,10H2,1H3. The van der Waals surface area contributed by atoms with Crippen LogP contribution in [0.4, 0.5) is 5.69 Å². The minimum atomic E-state index is -0.179. The van der Waals surface area contributed by atoms with Crippen LogP contribution in [-0.4, -0.2) is 44.6 Å². The zero-order valence-corrected chi connectivity index (χ0v) is 14.2. The van der Waals surface area contributed by atoms with Crippen molar-refractivity contribution < 1.29 is 4.74 Å². The highest BCUT2D eigenvalue weighted by atomic mass is 35.5. The summed E-state index contributed by atoms with van der Waals surface area (Å²) in [5, 5.41) is 12.1. The molecule has 0 amide bonds. The van der Waals surface area contributed by atoms with E-state index < -0.39 is 0 Å². The average Bonchev–Trinajstić information content (AvgIpc) is 3.32. The maximum absolute atomic E-state index is 6.27. The van der Waals surface area contributed by atoms with Crippen LogP contribution < -0.4 is 10.0 Å². The molecule has 25 heavy (non-hydrogen) atoms. The molecule has 9 nitrogen and oxygen atoms in total. The Morgan fingerprint density at radius 2 is 2.20 bits per heavy atom. The lowest BCUT2D eigenvalue weighted by molar-refractivity contribution is 0.166. The summed E-state index contributed by atoms with van der Waals surface area (Å²) in [5.41, 5.74) is 3.04. The third-order valence-electron chi connectivity index (χ3n) is 4.40. The molecular formula is C15H15ClN8O. The minimum Gasteiger partial charge on any atom is -0.378 e. The van der Waals surface area contributed by atoms with Crippen LogP contribution in [0.15, 0.2) is 47.5 Å². The summed E-state index contributed by atoms with van der Waals surface area (Å²) >= 11 is 6.27. The molecule has 0 bridgehead atoms. The first kappa shape index (κ1) is 14.6. The number of benzene rings is 1. The Bertz CT molecular complexity index is 880. The number of hydrogen-bond donors (Lipinski definition) is 0. The Morgan fingerprint density at radius 1 is 1.32 bits per heavy atom. The molecule has 0 aliphatic carbocycles. The van der Waals surface area contributed by atoms with E-state index in [1.54, 1.807) is 28.9 Å². The quantitative estimate of drug-likeness (QED) is 0.768. The van der Waals surface area contributed by atoms with E-state index in [0.717, 1.165) is 22.8 Å². The van der Waals surface area contributed by atoms with Crippen LogP contribution in [0, 0.1) is 0 Å². The molecule has 0 spiro atoms. The predicted octanol–water partition coefficient (Wildman–Crippen LogP) is 1.37. The van der Waals surface area contributed by atoms with E-state index in [9.17, 15) is 0 Å². The van der Waals surface area contributed by atoms with Crippen LogP contribution >= 0.6 is 11.8 Å². The number of aliphatic imine (C=N–C) groups is 1. The van der Waals surface area contributed by atoms with Gasteiger partial charge >= 0.3 is 0 Å². The van der Waals surface area contributed by atoms with Gasteiger partial charge in [-0.15, -0.1) is 9.89 Å². The van der Waals surface area contributed by atoms with Gasteiger partial charge in [0.2, 0.25) is 0 Å². The molecule has 3 aliphatic rings. The normalized spacial score (nSPS) is 20.7. The molecule has 1 unspecified atom stereocenters. The maximum atomic E-state index is 6.27. The lowest BCUT2D eigenvalue weighted by atomic mass is 10.1. The summed E-state index contributed by atoms with van der Waals surface area (Å²) < 4.78 is 6.86. The van der Waals surface area contributed by atoms with Crippen molar-refractivity contribution in [2.45, 2.75) is 12.8 Å². The van der Waals surface area contributed by atoms with Gasteiger partial charge in [-0.25, -0.2) is 10.0 Å². The predicted molar refractivity (Wildman–Crippen MR) is 91.6 cm³/mol. The van der Waals surface area contributed by atoms with Gasteiger partial charge in [0.05, 0.1) is 24.7 Å². The molecule has 0 saturated heterocycles. The van der Waals surface area contributed by atoms with Crippen molar-refractivity contribution in [1.29, 1.82) is 0 Å². The molecule has 0 N–H and O–H groups in total. The van der Waals surface area contributed by atoms with E-state index in [4.69, 9.17) is 21.5 Å². The summed E-state index contributed by atoms with van der Waals surface area (Å²) in [7, 11) is 1.64. The van der Waals surface area contributed by atoms with Gasteiger partial charge in [-0.2, -0.15) is 5.12 Å². The van der Waals surface area contributed by atoms with Crippen molar-refractivity contribution in [2.24, 2.45) is 4.99 Å². The lowest BCUT2D eigenvalue weighted by Gasteiger charge is -2.42. The minimum absolute atomic E-state index is 0.179. The number of methoxy groups -OCH3 is 1. The van der Waals surface area contributed by atoms with Gasteiger partial charge < -0.3 is 9.64 Å². The Labute approximate surface area is 149 Å². The van der Waals surface area contributed by atoms with Crippen LogP contribution in [0.25, 0.3) is 0 Å². The van der Waals surface area contributed by atoms with E-state index in [0.29, 0.717) is 13.3 Å². The molecular weight excluding hydrogens is 344 g/mol.